The number of hydrogen-bond acceptors (Lipinski definition) is 8. The number of carbonyl (C=O) groups is 2. The zero-order chi connectivity index (χ0) is 27.0. The molecule has 2 N–H and O–H groups in total. The molecule has 0 spiro atoms. The molecule has 4 aromatic rings. The number of carboxylic acid groups (broad SMARTS) is 1. The van der Waals surface area contributed by atoms with Crippen LogP contribution in [0, 0.1) is 0 Å². The van der Waals surface area contributed by atoms with Crippen LogP contribution in [0.5, 0.6) is 5.75 Å². The van der Waals surface area contributed by atoms with E-state index in [9.17, 15) is 9.59 Å². The molecule has 12 heteroatoms. The molecule has 5 rings (SSSR count). The Morgan fingerprint density at radius 1 is 1.16 bits per heavy atom. The van der Waals surface area contributed by atoms with Crippen LogP contribution in [-0.4, -0.2) is 71.2 Å². The van der Waals surface area contributed by atoms with Gasteiger partial charge >= 0.3 is 12.1 Å². The fraction of sp³-hybridized carbons (Fsp3) is 0.346. The molecule has 0 aromatic carbocycles. The van der Waals surface area contributed by atoms with Gasteiger partial charge in [0.1, 0.15) is 23.7 Å². The van der Waals surface area contributed by atoms with Gasteiger partial charge in [-0.05, 0) is 51.5 Å². The van der Waals surface area contributed by atoms with E-state index in [-0.39, 0.29) is 17.7 Å². The minimum Gasteiger partial charge on any atom is -0.487 e. The lowest BCUT2D eigenvalue weighted by Crippen LogP contribution is -2.55. The number of amides is 1. The zero-order valence-electron chi connectivity index (χ0n) is 21.6. The van der Waals surface area contributed by atoms with Gasteiger partial charge < -0.3 is 24.8 Å². The van der Waals surface area contributed by atoms with Crippen molar-refractivity contribution in [3.8, 4) is 17.0 Å². The van der Waals surface area contributed by atoms with Crippen molar-refractivity contribution in [3.05, 3.63) is 54.5 Å². The highest BCUT2D eigenvalue weighted by Crippen LogP contribution is 2.32. The summed E-state index contributed by atoms with van der Waals surface area (Å²) in [5.41, 5.74) is 2.09. The molecule has 1 unspecified atom stereocenters. The molecule has 198 valence electrons. The number of aromatic carboxylic acids is 1. The molecule has 1 fully saturated rings. The molecule has 1 amide bonds. The predicted octanol–water partition coefficient (Wildman–Crippen LogP) is 3.96. The van der Waals surface area contributed by atoms with Gasteiger partial charge in [-0.2, -0.15) is 10.2 Å². The van der Waals surface area contributed by atoms with E-state index in [1.54, 1.807) is 26.4 Å². The van der Waals surface area contributed by atoms with Gasteiger partial charge in [0, 0.05) is 37.6 Å². The van der Waals surface area contributed by atoms with Crippen LogP contribution in [0.1, 0.15) is 37.6 Å². The molecule has 1 saturated heterocycles. The quantitative estimate of drug-likeness (QED) is 0.372. The van der Waals surface area contributed by atoms with Gasteiger partial charge in [-0.3, -0.25) is 4.68 Å². The smallest absolute Gasteiger partial charge is 0.410 e. The molecule has 0 aliphatic carbocycles. The third-order valence-corrected chi connectivity index (χ3v) is 6.11. The number of anilines is 2. The Kier molecular flexibility index (Phi) is 6.39. The van der Waals surface area contributed by atoms with E-state index in [0.717, 1.165) is 23.2 Å². The van der Waals surface area contributed by atoms with E-state index < -0.39 is 11.6 Å². The van der Waals surface area contributed by atoms with Gasteiger partial charge in [-0.25, -0.2) is 19.1 Å². The molecule has 0 bridgehead atoms. The maximum Gasteiger partial charge on any atom is 0.410 e. The molecule has 1 aliphatic heterocycles. The first-order chi connectivity index (χ1) is 18.1. The van der Waals surface area contributed by atoms with Crippen LogP contribution in [0.2, 0.25) is 0 Å². The number of ether oxygens (including phenoxy) is 2. The summed E-state index contributed by atoms with van der Waals surface area (Å²) in [6.07, 6.45) is 5.32. The first kappa shape index (κ1) is 25.1. The van der Waals surface area contributed by atoms with Crippen LogP contribution in [-0.2, 0) is 11.8 Å². The second-order valence-corrected chi connectivity index (χ2v) is 10.1. The van der Waals surface area contributed by atoms with E-state index in [2.05, 4.69) is 20.5 Å². The Morgan fingerprint density at radius 3 is 2.63 bits per heavy atom. The number of nitrogens with one attached hydrogen (secondary N) is 1. The SMILES string of the molecule is Cn1ncc(OCC2CCN2C(=O)OC(C)(C)C)c1-c1ccn2nc(Nc3ccc(C(=O)O)cn3)cc2c1. The number of pyridine rings is 2. The summed E-state index contributed by atoms with van der Waals surface area (Å²) >= 11 is 0. The Bertz CT molecular complexity index is 1490. The minimum absolute atomic E-state index is 0.0537. The second-order valence-electron chi connectivity index (χ2n) is 10.1. The Labute approximate surface area is 218 Å². The lowest BCUT2D eigenvalue weighted by atomic mass is 10.1. The van der Waals surface area contributed by atoms with Crippen molar-refractivity contribution in [1.29, 1.82) is 0 Å². The summed E-state index contributed by atoms with van der Waals surface area (Å²) in [6, 6.07) is 8.77. The normalized spacial score (nSPS) is 15.3. The van der Waals surface area contributed by atoms with Crippen molar-refractivity contribution in [3.63, 3.8) is 0 Å². The summed E-state index contributed by atoms with van der Waals surface area (Å²) < 4.78 is 15.1. The topological polar surface area (TPSA) is 136 Å². The average molecular weight is 520 g/mol. The maximum absolute atomic E-state index is 12.4. The number of likely N-dealkylation sites (tertiary alicyclic amines) is 1. The summed E-state index contributed by atoms with van der Waals surface area (Å²) in [6.45, 7) is 6.54. The van der Waals surface area contributed by atoms with Crippen LogP contribution in [0.4, 0.5) is 16.4 Å². The number of hydrogen-bond donors (Lipinski definition) is 2. The first-order valence-electron chi connectivity index (χ1n) is 12.2. The summed E-state index contributed by atoms with van der Waals surface area (Å²) in [5.74, 6) is 0.633. The van der Waals surface area contributed by atoms with E-state index in [1.165, 1.54) is 12.3 Å². The van der Waals surface area contributed by atoms with Gasteiger partial charge in [-0.1, -0.05) is 0 Å². The molecule has 4 aromatic heterocycles. The monoisotopic (exact) mass is 519 g/mol. The van der Waals surface area contributed by atoms with Crippen molar-refractivity contribution in [2.45, 2.75) is 38.8 Å². The van der Waals surface area contributed by atoms with Crippen molar-refractivity contribution >= 4 is 29.2 Å². The average Bonchev–Trinajstić information content (AvgIpc) is 3.39. The highest BCUT2D eigenvalue weighted by Gasteiger charge is 2.36. The number of fused-ring (bicyclic) bond motifs is 1. The Hall–Kier alpha value is -4.61. The first-order valence-corrected chi connectivity index (χ1v) is 12.2. The van der Waals surface area contributed by atoms with Crippen molar-refractivity contribution in [2.75, 3.05) is 18.5 Å². The highest BCUT2D eigenvalue weighted by atomic mass is 16.6. The van der Waals surface area contributed by atoms with Crippen LogP contribution in [0.3, 0.4) is 0 Å². The summed E-state index contributed by atoms with van der Waals surface area (Å²) in [5, 5.41) is 21.0. The fourth-order valence-corrected chi connectivity index (χ4v) is 4.14. The number of aryl methyl sites for hydroxylation is 1. The molecular formula is C26H29N7O5. The number of aromatic nitrogens is 5. The highest BCUT2D eigenvalue weighted by molar-refractivity contribution is 5.87. The molecule has 1 aliphatic rings. The second kappa shape index (κ2) is 9.69. The van der Waals surface area contributed by atoms with Crippen LogP contribution in [0.25, 0.3) is 16.8 Å². The van der Waals surface area contributed by atoms with E-state index in [0.29, 0.717) is 30.5 Å². The molecule has 1 atom stereocenters. The largest absolute Gasteiger partial charge is 0.487 e. The van der Waals surface area contributed by atoms with E-state index in [1.807, 2.05) is 52.2 Å². The molecular weight excluding hydrogens is 490 g/mol. The molecule has 0 saturated carbocycles. The van der Waals surface area contributed by atoms with Crippen LogP contribution in [0.15, 0.2) is 48.9 Å². The zero-order valence-corrected chi connectivity index (χ0v) is 21.6. The predicted molar refractivity (Wildman–Crippen MR) is 139 cm³/mol. The van der Waals surface area contributed by atoms with E-state index in [4.69, 9.17) is 14.6 Å². The minimum atomic E-state index is -1.03. The van der Waals surface area contributed by atoms with Gasteiger partial charge in [0.2, 0.25) is 0 Å². The fourth-order valence-electron chi connectivity index (χ4n) is 4.14. The molecule has 0 radical (unpaired) electrons. The molecule has 12 nitrogen and oxygen atoms in total. The number of rotatable bonds is 7. The number of carboxylic acids is 1. The van der Waals surface area contributed by atoms with Gasteiger partial charge in [0.15, 0.2) is 11.6 Å². The molecule has 38 heavy (non-hydrogen) atoms. The third-order valence-electron chi connectivity index (χ3n) is 6.11. The number of nitrogens with zero attached hydrogens (tertiary/aromatic N) is 6. The van der Waals surface area contributed by atoms with Gasteiger partial charge in [-0.15, -0.1) is 0 Å². The third kappa shape index (κ3) is 5.24. The Balaban J connectivity index is 1.29. The standard InChI is InChI=1S/C26H29N7O5/c1-26(2,3)38-25(36)32-9-8-18(32)15-37-20-14-28-31(4)23(20)16-7-10-33-19(11-16)12-22(30-33)29-21-6-5-17(13-27-21)24(34)35/h5-7,10-14,18H,8-9,15H2,1-4H3,(H,34,35)(H,27,29,30). The van der Waals surface area contributed by atoms with E-state index >= 15 is 0 Å². The lowest BCUT2D eigenvalue weighted by Gasteiger charge is -2.40. The van der Waals surface area contributed by atoms with Gasteiger partial charge in [0.25, 0.3) is 0 Å². The summed E-state index contributed by atoms with van der Waals surface area (Å²) in [4.78, 5) is 29.3. The number of carbonyl (C=O) groups excluding carboxylic acids is 1. The van der Waals surface area contributed by atoms with Gasteiger partial charge in [0.05, 0.1) is 23.3 Å². The van der Waals surface area contributed by atoms with Crippen molar-refractivity contribution in [2.24, 2.45) is 7.05 Å². The summed E-state index contributed by atoms with van der Waals surface area (Å²) in [7, 11) is 1.85. The maximum atomic E-state index is 12.4. The lowest BCUT2D eigenvalue weighted by molar-refractivity contribution is -0.0141. The molecule has 5 heterocycles. The van der Waals surface area contributed by atoms with Crippen molar-refractivity contribution < 1.29 is 24.2 Å². The van der Waals surface area contributed by atoms with Crippen LogP contribution >= 0.6 is 0 Å². The Morgan fingerprint density at radius 2 is 1.97 bits per heavy atom. The van der Waals surface area contributed by atoms with Crippen molar-refractivity contribution in [1.82, 2.24) is 29.3 Å². The van der Waals surface area contributed by atoms with Crippen LogP contribution < -0.4 is 10.1 Å².